The molecule has 0 amide bonds. The van der Waals surface area contributed by atoms with E-state index in [1.54, 1.807) is 6.20 Å². The zero-order valence-corrected chi connectivity index (χ0v) is 10.5. The predicted octanol–water partition coefficient (Wildman–Crippen LogP) is 1.88. The normalized spacial score (nSPS) is 12.4. The van der Waals surface area contributed by atoms with E-state index in [2.05, 4.69) is 25.4 Å². The van der Waals surface area contributed by atoms with Crippen LogP contribution in [0.1, 0.15) is 6.92 Å². The molecule has 2 rings (SSSR count). The topological polar surface area (TPSA) is 68.5 Å². The molecule has 8 heteroatoms. The van der Waals surface area contributed by atoms with Crippen molar-refractivity contribution in [2.45, 2.75) is 19.5 Å². The van der Waals surface area contributed by atoms with Crippen molar-refractivity contribution in [2.24, 2.45) is 0 Å². The molecule has 0 aromatic carbocycles. The van der Waals surface area contributed by atoms with E-state index in [-0.39, 0.29) is 16.6 Å². The lowest BCUT2D eigenvalue weighted by atomic mass is 10.3. The maximum Gasteiger partial charge on any atom is 0.228 e. The van der Waals surface area contributed by atoms with Gasteiger partial charge in [-0.15, -0.1) is 0 Å². The zero-order chi connectivity index (χ0) is 12.3. The Kier molecular flexibility index (Phi) is 3.75. The molecule has 6 nitrogen and oxygen atoms in total. The molecule has 0 saturated heterocycles. The Hall–Kier alpha value is -1.40. The van der Waals surface area contributed by atoms with Crippen LogP contribution in [-0.2, 0) is 6.54 Å². The first-order valence-electron chi connectivity index (χ1n) is 4.94. The van der Waals surface area contributed by atoms with E-state index in [1.165, 1.54) is 0 Å². The van der Waals surface area contributed by atoms with Crippen LogP contribution in [0, 0.1) is 0 Å². The van der Waals surface area contributed by atoms with Crippen LogP contribution in [0.25, 0.3) is 0 Å². The minimum atomic E-state index is 0.0683. The van der Waals surface area contributed by atoms with Crippen molar-refractivity contribution in [1.82, 2.24) is 24.7 Å². The first-order valence-corrected chi connectivity index (χ1v) is 5.70. The van der Waals surface area contributed by atoms with Gasteiger partial charge in [0.15, 0.2) is 0 Å². The molecule has 17 heavy (non-hydrogen) atoms. The van der Waals surface area contributed by atoms with Crippen LogP contribution in [0.3, 0.4) is 0 Å². The van der Waals surface area contributed by atoms with Gasteiger partial charge in [-0.2, -0.15) is 20.1 Å². The van der Waals surface area contributed by atoms with Crippen molar-refractivity contribution in [2.75, 3.05) is 5.32 Å². The van der Waals surface area contributed by atoms with Gasteiger partial charge in [-0.1, -0.05) is 0 Å². The maximum atomic E-state index is 5.67. The Labute approximate surface area is 108 Å². The Morgan fingerprint density at radius 3 is 2.59 bits per heavy atom. The summed E-state index contributed by atoms with van der Waals surface area (Å²) in [5.74, 6) is 0.356. The van der Waals surface area contributed by atoms with Gasteiger partial charge in [-0.25, -0.2) is 0 Å². The minimum Gasteiger partial charge on any atom is -0.350 e. The second-order valence-corrected chi connectivity index (χ2v) is 4.15. The molecule has 0 saturated carbocycles. The molecule has 0 fully saturated rings. The molecule has 0 spiro atoms. The number of aromatic nitrogens is 5. The SMILES string of the molecule is CC(Cn1cccn1)Nc1nc(Cl)nc(Cl)n1. The van der Waals surface area contributed by atoms with E-state index in [0.29, 0.717) is 12.5 Å². The molecule has 2 aromatic heterocycles. The number of nitrogens with zero attached hydrogens (tertiary/aromatic N) is 5. The molecule has 1 unspecified atom stereocenters. The molecule has 0 aliphatic rings. The molecule has 0 aliphatic carbocycles. The second-order valence-electron chi connectivity index (χ2n) is 3.47. The predicted molar refractivity (Wildman–Crippen MR) is 65.2 cm³/mol. The van der Waals surface area contributed by atoms with Gasteiger partial charge in [0.05, 0.1) is 6.54 Å². The second kappa shape index (κ2) is 5.29. The molecular formula is C9H10Cl2N6. The molecule has 0 aliphatic heterocycles. The highest BCUT2D eigenvalue weighted by atomic mass is 35.5. The van der Waals surface area contributed by atoms with Crippen LogP contribution < -0.4 is 5.32 Å². The summed E-state index contributed by atoms with van der Waals surface area (Å²) in [5, 5.41) is 7.31. The fraction of sp³-hybridized carbons (Fsp3) is 0.333. The Morgan fingerprint density at radius 2 is 2.00 bits per heavy atom. The fourth-order valence-corrected chi connectivity index (χ4v) is 1.71. The Balaban J connectivity index is 2.00. The van der Waals surface area contributed by atoms with Gasteiger partial charge >= 0.3 is 0 Å². The molecule has 2 aromatic rings. The van der Waals surface area contributed by atoms with E-state index >= 15 is 0 Å². The van der Waals surface area contributed by atoms with Gasteiger partial charge in [-0.3, -0.25) is 4.68 Å². The van der Waals surface area contributed by atoms with E-state index < -0.39 is 0 Å². The summed E-state index contributed by atoms with van der Waals surface area (Å²) >= 11 is 11.3. The quantitative estimate of drug-likeness (QED) is 0.921. The minimum absolute atomic E-state index is 0.0683. The first kappa shape index (κ1) is 12.1. The average Bonchev–Trinajstić information content (AvgIpc) is 2.67. The van der Waals surface area contributed by atoms with Crippen LogP contribution in [0.4, 0.5) is 5.95 Å². The highest BCUT2D eigenvalue weighted by Crippen LogP contribution is 2.10. The average molecular weight is 273 g/mol. The number of halogens is 2. The van der Waals surface area contributed by atoms with Crippen LogP contribution in [0.15, 0.2) is 18.5 Å². The smallest absolute Gasteiger partial charge is 0.228 e. The number of hydrogen-bond acceptors (Lipinski definition) is 5. The fourth-order valence-electron chi connectivity index (χ4n) is 1.35. The monoisotopic (exact) mass is 272 g/mol. The Bertz CT molecular complexity index is 466. The van der Waals surface area contributed by atoms with Gasteiger partial charge < -0.3 is 5.32 Å². The van der Waals surface area contributed by atoms with E-state index in [0.717, 1.165) is 0 Å². The first-order chi connectivity index (χ1) is 8.13. The zero-order valence-electron chi connectivity index (χ0n) is 9.01. The van der Waals surface area contributed by atoms with E-state index in [1.807, 2.05) is 23.9 Å². The van der Waals surface area contributed by atoms with Crippen molar-refractivity contribution in [3.05, 3.63) is 29.0 Å². The summed E-state index contributed by atoms with van der Waals surface area (Å²) in [6, 6.07) is 1.95. The van der Waals surface area contributed by atoms with Gasteiger partial charge in [0, 0.05) is 18.4 Å². The van der Waals surface area contributed by atoms with Crippen LogP contribution in [0.5, 0.6) is 0 Å². The van der Waals surface area contributed by atoms with Gasteiger partial charge in [0.25, 0.3) is 0 Å². The lowest BCUT2D eigenvalue weighted by Gasteiger charge is -2.13. The largest absolute Gasteiger partial charge is 0.350 e. The number of nitrogens with one attached hydrogen (secondary N) is 1. The van der Waals surface area contributed by atoms with Crippen molar-refractivity contribution in [3.63, 3.8) is 0 Å². The van der Waals surface area contributed by atoms with Crippen molar-refractivity contribution in [1.29, 1.82) is 0 Å². The lowest BCUT2D eigenvalue weighted by Crippen LogP contribution is -2.23. The third kappa shape index (κ3) is 3.54. The van der Waals surface area contributed by atoms with E-state index in [9.17, 15) is 0 Å². The molecule has 0 radical (unpaired) electrons. The van der Waals surface area contributed by atoms with Gasteiger partial charge in [0.2, 0.25) is 16.5 Å². The molecule has 1 N–H and O–H groups in total. The van der Waals surface area contributed by atoms with Crippen molar-refractivity contribution in [3.8, 4) is 0 Å². The van der Waals surface area contributed by atoms with Crippen molar-refractivity contribution >= 4 is 29.2 Å². The summed E-state index contributed by atoms with van der Waals surface area (Å²) < 4.78 is 1.81. The summed E-state index contributed by atoms with van der Waals surface area (Å²) in [4.78, 5) is 11.5. The van der Waals surface area contributed by atoms with Crippen LogP contribution >= 0.6 is 23.2 Å². The lowest BCUT2D eigenvalue weighted by molar-refractivity contribution is 0.558. The summed E-state index contributed by atoms with van der Waals surface area (Å²) in [7, 11) is 0. The Morgan fingerprint density at radius 1 is 1.29 bits per heavy atom. The van der Waals surface area contributed by atoms with Crippen molar-refractivity contribution < 1.29 is 0 Å². The summed E-state index contributed by atoms with van der Waals surface area (Å²) in [6.45, 7) is 2.67. The van der Waals surface area contributed by atoms with Gasteiger partial charge in [0.1, 0.15) is 0 Å². The molecule has 2 heterocycles. The van der Waals surface area contributed by atoms with Crippen LogP contribution in [0.2, 0.25) is 10.6 Å². The molecule has 90 valence electrons. The highest BCUT2D eigenvalue weighted by Gasteiger charge is 2.07. The standard InChI is InChI=1S/C9H10Cl2N6/c1-6(5-17-4-2-3-12-17)13-9-15-7(10)14-8(11)16-9/h2-4,6H,5H2,1H3,(H,13,14,15,16). The molecule has 1 atom stereocenters. The molecular weight excluding hydrogens is 263 g/mol. The van der Waals surface area contributed by atoms with Crippen LogP contribution in [-0.4, -0.2) is 30.8 Å². The third-order valence-corrected chi connectivity index (χ3v) is 2.31. The number of hydrogen-bond donors (Lipinski definition) is 1. The summed E-state index contributed by atoms with van der Waals surface area (Å²) in [6.07, 6.45) is 3.61. The summed E-state index contributed by atoms with van der Waals surface area (Å²) in [5.41, 5.74) is 0. The number of rotatable bonds is 4. The maximum absolute atomic E-state index is 5.67. The third-order valence-electron chi connectivity index (χ3n) is 1.98. The van der Waals surface area contributed by atoms with E-state index in [4.69, 9.17) is 23.2 Å². The highest BCUT2D eigenvalue weighted by molar-refractivity contribution is 6.31. The van der Waals surface area contributed by atoms with Gasteiger partial charge in [-0.05, 0) is 36.2 Å². The number of anilines is 1. The molecule has 0 bridgehead atoms.